The molecule has 0 bridgehead atoms. The van der Waals surface area contributed by atoms with Crippen LogP contribution < -0.4 is 4.74 Å². The first-order valence-electron chi connectivity index (χ1n) is 10.6. The van der Waals surface area contributed by atoms with Crippen molar-refractivity contribution in [2.75, 3.05) is 20.2 Å². The van der Waals surface area contributed by atoms with Crippen molar-refractivity contribution in [3.8, 4) is 5.75 Å². The Kier molecular flexibility index (Phi) is 6.68. The number of aromatic amines is 1. The number of nitrogens with one attached hydrogen (secondary N) is 1. The van der Waals surface area contributed by atoms with Crippen LogP contribution in [0.2, 0.25) is 0 Å². The van der Waals surface area contributed by atoms with Crippen molar-refractivity contribution in [1.29, 1.82) is 0 Å². The zero-order valence-electron chi connectivity index (χ0n) is 18.3. The van der Waals surface area contributed by atoms with Crippen molar-refractivity contribution < 1.29 is 27.8 Å². The number of aromatic nitrogens is 5. The van der Waals surface area contributed by atoms with Gasteiger partial charge in [-0.25, -0.2) is 4.79 Å². The summed E-state index contributed by atoms with van der Waals surface area (Å²) >= 11 is 0. The highest BCUT2D eigenvalue weighted by molar-refractivity contribution is 5.86. The smallest absolute Gasteiger partial charge is 0.490 e. The standard InChI is InChI=1S/C20H22N6O.C2HF3O2/c1-27-18-4-2-3-17-16(18)11-15(22-17)13-25-8-5-14(6-9-25)20-24-23-19-12-21-7-10-26(19)20;3-2(4,5)1(6)7/h2-4,7,10-12,14,22H,5-6,8-9,13H2,1H3;(H,6,7). The lowest BCUT2D eigenvalue weighted by Gasteiger charge is -2.30. The van der Waals surface area contributed by atoms with Crippen LogP contribution in [-0.2, 0) is 11.3 Å². The van der Waals surface area contributed by atoms with Gasteiger partial charge in [0.25, 0.3) is 0 Å². The zero-order valence-corrected chi connectivity index (χ0v) is 18.3. The predicted molar refractivity (Wildman–Crippen MR) is 117 cm³/mol. The number of hydrogen-bond donors (Lipinski definition) is 2. The average Bonchev–Trinajstić information content (AvgIpc) is 3.43. The molecule has 0 amide bonds. The molecule has 1 fully saturated rings. The number of fused-ring (bicyclic) bond motifs is 2. The highest BCUT2D eigenvalue weighted by atomic mass is 19.4. The molecule has 1 aliphatic heterocycles. The van der Waals surface area contributed by atoms with Gasteiger partial charge in [0.15, 0.2) is 5.65 Å². The maximum atomic E-state index is 10.6. The van der Waals surface area contributed by atoms with Crippen LogP contribution in [0.4, 0.5) is 13.2 Å². The second-order valence-corrected chi connectivity index (χ2v) is 7.93. The molecular formula is C22H23F3N6O3. The third-order valence-electron chi connectivity index (χ3n) is 5.73. The monoisotopic (exact) mass is 476 g/mol. The largest absolute Gasteiger partial charge is 0.496 e. The molecule has 0 unspecified atom stereocenters. The van der Waals surface area contributed by atoms with Gasteiger partial charge in [-0.15, -0.1) is 10.2 Å². The van der Waals surface area contributed by atoms with Gasteiger partial charge < -0.3 is 14.8 Å². The molecule has 2 N–H and O–H groups in total. The maximum Gasteiger partial charge on any atom is 0.490 e. The first-order chi connectivity index (χ1) is 16.3. The number of ether oxygens (including phenoxy) is 1. The van der Waals surface area contributed by atoms with Gasteiger partial charge in [-0.3, -0.25) is 14.3 Å². The molecule has 0 saturated carbocycles. The summed E-state index contributed by atoms with van der Waals surface area (Å²) in [6, 6.07) is 8.33. The average molecular weight is 476 g/mol. The summed E-state index contributed by atoms with van der Waals surface area (Å²) < 4.78 is 39.3. The van der Waals surface area contributed by atoms with Gasteiger partial charge in [0.1, 0.15) is 11.6 Å². The molecule has 1 aromatic carbocycles. The molecule has 4 heterocycles. The Balaban J connectivity index is 0.000000344. The van der Waals surface area contributed by atoms with E-state index in [0.29, 0.717) is 5.92 Å². The Morgan fingerprint density at radius 3 is 2.68 bits per heavy atom. The van der Waals surface area contributed by atoms with E-state index in [1.54, 1.807) is 19.5 Å². The predicted octanol–water partition coefficient (Wildman–Crippen LogP) is 3.63. The van der Waals surface area contributed by atoms with E-state index in [9.17, 15) is 13.2 Å². The Bertz CT molecular complexity index is 1280. The van der Waals surface area contributed by atoms with Gasteiger partial charge >= 0.3 is 12.1 Å². The van der Waals surface area contributed by atoms with Crippen LogP contribution in [0.25, 0.3) is 16.6 Å². The lowest BCUT2D eigenvalue weighted by Crippen LogP contribution is -2.33. The second kappa shape index (κ2) is 9.67. The molecule has 34 heavy (non-hydrogen) atoms. The highest BCUT2D eigenvalue weighted by Crippen LogP contribution is 2.29. The minimum atomic E-state index is -5.08. The fourth-order valence-electron chi connectivity index (χ4n) is 4.09. The summed E-state index contributed by atoms with van der Waals surface area (Å²) in [5, 5.41) is 16.9. The van der Waals surface area contributed by atoms with Gasteiger partial charge in [-0.1, -0.05) is 6.07 Å². The van der Waals surface area contributed by atoms with Crippen LogP contribution in [0.1, 0.15) is 30.3 Å². The number of carboxylic acids is 1. The number of hydrogen-bond acceptors (Lipinski definition) is 6. The van der Waals surface area contributed by atoms with Gasteiger partial charge in [0, 0.05) is 41.5 Å². The van der Waals surface area contributed by atoms with E-state index in [2.05, 4.69) is 41.6 Å². The van der Waals surface area contributed by atoms with Gasteiger partial charge in [-0.05, 0) is 44.1 Å². The Labute approximate surface area is 192 Å². The number of rotatable bonds is 4. The minimum absolute atomic E-state index is 0.446. The summed E-state index contributed by atoms with van der Waals surface area (Å²) in [6.45, 7) is 3.03. The third kappa shape index (κ3) is 5.11. The summed E-state index contributed by atoms with van der Waals surface area (Å²) in [5.41, 5.74) is 3.18. The summed E-state index contributed by atoms with van der Waals surface area (Å²) in [6.07, 6.45) is 2.60. The van der Waals surface area contributed by atoms with Crippen LogP contribution in [0.5, 0.6) is 5.75 Å². The van der Waals surface area contributed by atoms with Crippen LogP contribution >= 0.6 is 0 Å². The molecule has 9 nitrogen and oxygen atoms in total. The number of aliphatic carboxylic acids is 1. The normalized spacial score (nSPS) is 15.3. The number of halogens is 3. The fourth-order valence-corrected chi connectivity index (χ4v) is 4.09. The highest BCUT2D eigenvalue weighted by Gasteiger charge is 2.38. The molecule has 1 saturated heterocycles. The van der Waals surface area contributed by atoms with E-state index in [4.69, 9.17) is 14.6 Å². The molecular weight excluding hydrogens is 453 g/mol. The second-order valence-electron chi connectivity index (χ2n) is 7.93. The number of likely N-dealkylation sites (tertiary alicyclic amines) is 1. The van der Waals surface area contributed by atoms with Crippen LogP contribution in [0, 0.1) is 0 Å². The van der Waals surface area contributed by atoms with Crippen LogP contribution in [-0.4, -0.2) is 66.9 Å². The summed E-state index contributed by atoms with van der Waals surface area (Å²) in [7, 11) is 1.72. The van der Waals surface area contributed by atoms with Gasteiger partial charge in [0.05, 0.1) is 13.3 Å². The first kappa shape index (κ1) is 23.5. The summed E-state index contributed by atoms with van der Waals surface area (Å²) in [5.74, 6) is -0.335. The number of piperidine rings is 1. The van der Waals surface area contributed by atoms with E-state index < -0.39 is 12.1 Å². The molecule has 0 spiro atoms. The van der Waals surface area contributed by atoms with Crippen molar-refractivity contribution in [2.24, 2.45) is 0 Å². The topological polar surface area (TPSA) is 109 Å². The van der Waals surface area contributed by atoms with Crippen molar-refractivity contribution in [2.45, 2.75) is 31.5 Å². The molecule has 0 aliphatic carbocycles. The zero-order chi connectivity index (χ0) is 24.3. The van der Waals surface area contributed by atoms with Crippen LogP contribution in [0.3, 0.4) is 0 Å². The van der Waals surface area contributed by atoms with E-state index in [1.165, 1.54) is 5.69 Å². The van der Waals surface area contributed by atoms with E-state index in [0.717, 1.165) is 60.6 Å². The molecule has 12 heteroatoms. The first-order valence-corrected chi connectivity index (χ1v) is 10.6. The van der Waals surface area contributed by atoms with Crippen LogP contribution in [0.15, 0.2) is 42.9 Å². The van der Waals surface area contributed by atoms with E-state index in [-0.39, 0.29) is 0 Å². The fraction of sp³-hybridized carbons (Fsp3) is 0.364. The number of H-pyrrole nitrogens is 1. The Morgan fingerprint density at radius 2 is 2.00 bits per heavy atom. The molecule has 180 valence electrons. The summed E-state index contributed by atoms with van der Waals surface area (Å²) in [4.78, 5) is 19.0. The van der Waals surface area contributed by atoms with Gasteiger partial charge in [-0.2, -0.15) is 13.2 Å². The SMILES string of the molecule is COc1cccc2[nH]c(CN3CCC(c4nnc5cnccn45)CC3)cc12.O=C(O)C(F)(F)F. The molecule has 3 aromatic heterocycles. The molecule has 4 aromatic rings. The van der Waals surface area contributed by atoms with Crippen molar-refractivity contribution in [3.63, 3.8) is 0 Å². The number of nitrogens with zero attached hydrogens (tertiary/aromatic N) is 5. The lowest BCUT2D eigenvalue weighted by molar-refractivity contribution is -0.192. The Hall–Kier alpha value is -3.67. The number of carboxylic acid groups (broad SMARTS) is 1. The third-order valence-corrected chi connectivity index (χ3v) is 5.73. The van der Waals surface area contributed by atoms with E-state index >= 15 is 0 Å². The number of alkyl halides is 3. The molecule has 0 radical (unpaired) electrons. The number of carbonyl (C=O) groups is 1. The molecule has 1 aliphatic rings. The quantitative estimate of drug-likeness (QED) is 0.463. The minimum Gasteiger partial charge on any atom is -0.496 e. The van der Waals surface area contributed by atoms with Gasteiger partial charge in [0.2, 0.25) is 0 Å². The Morgan fingerprint density at radius 1 is 1.26 bits per heavy atom. The lowest BCUT2D eigenvalue weighted by atomic mass is 9.96. The molecule has 5 rings (SSSR count). The van der Waals surface area contributed by atoms with Crippen molar-refractivity contribution in [3.05, 3.63) is 54.4 Å². The molecule has 0 atom stereocenters. The number of methoxy groups -OCH3 is 1. The van der Waals surface area contributed by atoms with Crippen molar-refractivity contribution >= 4 is 22.5 Å². The number of benzene rings is 1. The maximum absolute atomic E-state index is 10.6. The van der Waals surface area contributed by atoms with E-state index in [1.807, 2.05) is 18.3 Å². The van der Waals surface area contributed by atoms with Crippen molar-refractivity contribution in [1.82, 2.24) is 29.5 Å².